The molecule has 8 atom stereocenters. The van der Waals surface area contributed by atoms with Gasteiger partial charge in [0.25, 0.3) is 5.91 Å². The summed E-state index contributed by atoms with van der Waals surface area (Å²) in [7, 11) is 0. The Morgan fingerprint density at radius 2 is 1.86 bits per heavy atom. The molecule has 2 bridgehead atoms. The number of hydrogen-bond acceptors (Lipinski definition) is 5. The molecule has 3 heterocycles. The van der Waals surface area contributed by atoms with Crippen LogP contribution < -0.4 is 4.90 Å². The lowest BCUT2D eigenvalue weighted by atomic mass is 9.62. The van der Waals surface area contributed by atoms with Crippen molar-refractivity contribution in [3.05, 3.63) is 54.6 Å². The number of hydrogen-bond donors (Lipinski definition) is 1. The molecular formula is C35H51N3O5. The van der Waals surface area contributed by atoms with Crippen LogP contribution in [-0.2, 0) is 19.1 Å². The van der Waals surface area contributed by atoms with Crippen LogP contribution in [0.1, 0.15) is 65.0 Å². The lowest BCUT2D eigenvalue weighted by Gasteiger charge is -2.41. The smallest absolute Gasteiger partial charge is 0.253 e. The van der Waals surface area contributed by atoms with Gasteiger partial charge in [-0.3, -0.25) is 14.4 Å². The van der Waals surface area contributed by atoms with Gasteiger partial charge < -0.3 is 24.5 Å². The molecule has 1 spiro atoms. The number of ether oxygens (including phenoxy) is 1. The molecular weight excluding hydrogens is 542 g/mol. The maximum atomic E-state index is 15.1. The van der Waals surface area contributed by atoms with E-state index in [0.29, 0.717) is 25.9 Å². The molecule has 43 heavy (non-hydrogen) atoms. The van der Waals surface area contributed by atoms with Gasteiger partial charge in [0.15, 0.2) is 0 Å². The van der Waals surface area contributed by atoms with Crippen LogP contribution in [0.4, 0.5) is 5.69 Å². The van der Waals surface area contributed by atoms with Crippen LogP contribution in [0.15, 0.2) is 43.5 Å². The number of aliphatic hydroxyl groups excluding tert-OH is 1. The number of rotatable bonds is 13. The van der Waals surface area contributed by atoms with Crippen molar-refractivity contribution in [2.45, 2.75) is 91.0 Å². The molecule has 3 saturated heterocycles. The Kier molecular flexibility index (Phi) is 9.62. The second-order valence-corrected chi connectivity index (χ2v) is 13.2. The molecule has 3 unspecified atom stereocenters. The third-order valence-corrected chi connectivity index (χ3v) is 10.5. The third kappa shape index (κ3) is 5.14. The lowest BCUT2D eigenvalue weighted by molar-refractivity contribution is -0.154. The first-order valence-corrected chi connectivity index (χ1v) is 15.9. The third-order valence-electron chi connectivity index (χ3n) is 10.5. The number of carbonyl (C=O) groups is 3. The van der Waals surface area contributed by atoms with Crippen molar-refractivity contribution in [2.75, 3.05) is 31.1 Å². The van der Waals surface area contributed by atoms with Crippen LogP contribution in [0.25, 0.3) is 0 Å². The van der Waals surface area contributed by atoms with E-state index in [1.807, 2.05) is 59.7 Å². The molecule has 4 rings (SSSR count). The fraction of sp³-hybridized carbons (Fsp3) is 0.629. The Labute approximate surface area is 257 Å². The Morgan fingerprint density at radius 1 is 1.19 bits per heavy atom. The zero-order chi connectivity index (χ0) is 31.9. The molecule has 0 radical (unpaired) electrons. The van der Waals surface area contributed by atoms with Crippen LogP contribution in [-0.4, -0.2) is 82.2 Å². The molecule has 8 heteroatoms. The first-order chi connectivity index (χ1) is 20.4. The van der Waals surface area contributed by atoms with E-state index in [-0.39, 0.29) is 42.7 Å². The molecule has 1 aromatic carbocycles. The average molecular weight is 594 g/mol. The quantitative estimate of drug-likeness (QED) is 0.336. The second kappa shape index (κ2) is 12.6. The molecule has 0 aliphatic carbocycles. The molecule has 0 aromatic heterocycles. The fourth-order valence-electron chi connectivity index (χ4n) is 8.01. The molecule has 3 amide bonds. The van der Waals surface area contributed by atoms with Gasteiger partial charge in [0, 0.05) is 25.3 Å². The van der Waals surface area contributed by atoms with Gasteiger partial charge in [-0.2, -0.15) is 0 Å². The minimum absolute atomic E-state index is 0.0716. The van der Waals surface area contributed by atoms with E-state index in [1.54, 1.807) is 26.9 Å². The van der Waals surface area contributed by atoms with Gasteiger partial charge in [-0.05, 0) is 62.6 Å². The first kappa shape index (κ1) is 32.9. The van der Waals surface area contributed by atoms with E-state index in [2.05, 4.69) is 20.1 Å². The molecule has 3 aliphatic rings. The minimum atomic E-state index is -1.20. The number of nitrogens with zero attached hydrogens (tertiary/aromatic N) is 3. The summed E-state index contributed by atoms with van der Waals surface area (Å²) in [5.74, 6) is -2.41. The van der Waals surface area contributed by atoms with Crippen molar-refractivity contribution < 1.29 is 24.2 Å². The predicted octanol–water partition coefficient (Wildman–Crippen LogP) is 4.66. The summed E-state index contributed by atoms with van der Waals surface area (Å²) in [6.45, 7) is 22.6. The summed E-state index contributed by atoms with van der Waals surface area (Å²) in [6.07, 6.45) is 5.35. The first-order valence-electron chi connectivity index (χ1n) is 15.9. The monoisotopic (exact) mass is 593 g/mol. The SMILES string of the molecule is C=CCN(CCC)C(=O)[C@H]1[C@H]2C(=O)N([C@@H](CO)[C@@H](C)CC)C(C(=O)N(CC=C)c3cc(C)ccc3C)C23CC(C)[C@]1(C)O3. The van der Waals surface area contributed by atoms with Crippen molar-refractivity contribution >= 4 is 23.4 Å². The zero-order valence-corrected chi connectivity index (χ0v) is 27.1. The van der Waals surface area contributed by atoms with Gasteiger partial charge in [-0.25, -0.2) is 0 Å². The number of benzene rings is 1. The summed E-state index contributed by atoms with van der Waals surface area (Å²) in [5, 5.41) is 10.7. The Bertz CT molecular complexity index is 1260. The normalized spacial score (nSPS) is 30.6. The fourth-order valence-corrected chi connectivity index (χ4v) is 8.01. The van der Waals surface area contributed by atoms with Crippen molar-refractivity contribution in [3.63, 3.8) is 0 Å². The maximum absolute atomic E-state index is 15.1. The summed E-state index contributed by atoms with van der Waals surface area (Å²) in [6, 6.07) is 4.37. The Morgan fingerprint density at radius 3 is 2.44 bits per heavy atom. The van der Waals surface area contributed by atoms with Gasteiger partial charge in [-0.15, -0.1) is 13.2 Å². The number of carbonyl (C=O) groups excluding carboxylic acids is 3. The van der Waals surface area contributed by atoms with Gasteiger partial charge in [0.2, 0.25) is 11.8 Å². The number of aryl methyl sites for hydroxylation is 2. The number of anilines is 1. The van der Waals surface area contributed by atoms with Crippen molar-refractivity contribution in [3.8, 4) is 0 Å². The van der Waals surface area contributed by atoms with Gasteiger partial charge in [0.1, 0.15) is 11.6 Å². The number of amides is 3. The second-order valence-electron chi connectivity index (χ2n) is 13.2. The van der Waals surface area contributed by atoms with E-state index < -0.39 is 35.1 Å². The van der Waals surface area contributed by atoms with Crippen LogP contribution >= 0.6 is 0 Å². The highest BCUT2D eigenvalue weighted by atomic mass is 16.5. The topological polar surface area (TPSA) is 90.4 Å². The minimum Gasteiger partial charge on any atom is -0.394 e. The Balaban J connectivity index is 1.93. The summed E-state index contributed by atoms with van der Waals surface area (Å²) in [5.41, 5.74) is 0.570. The van der Waals surface area contributed by atoms with E-state index in [0.717, 1.165) is 23.2 Å². The predicted molar refractivity (Wildman–Crippen MR) is 169 cm³/mol. The van der Waals surface area contributed by atoms with E-state index in [1.165, 1.54) is 0 Å². The van der Waals surface area contributed by atoms with Crippen molar-refractivity contribution in [1.29, 1.82) is 0 Å². The molecule has 3 fully saturated rings. The van der Waals surface area contributed by atoms with E-state index in [4.69, 9.17) is 4.74 Å². The van der Waals surface area contributed by atoms with Crippen LogP contribution in [0.2, 0.25) is 0 Å². The van der Waals surface area contributed by atoms with Gasteiger partial charge >= 0.3 is 0 Å². The number of fused-ring (bicyclic) bond motifs is 1. The van der Waals surface area contributed by atoms with E-state index in [9.17, 15) is 14.7 Å². The lowest BCUT2D eigenvalue weighted by Crippen LogP contribution is -2.60. The number of likely N-dealkylation sites (tertiary alicyclic amines) is 1. The van der Waals surface area contributed by atoms with Crippen LogP contribution in [0.3, 0.4) is 0 Å². The van der Waals surface area contributed by atoms with Crippen molar-refractivity contribution in [2.24, 2.45) is 23.7 Å². The van der Waals surface area contributed by atoms with Crippen molar-refractivity contribution in [1.82, 2.24) is 9.80 Å². The van der Waals surface area contributed by atoms with Gasteiger partial charge in [-0.1, -0.05) is 58.4 Å². The molecule has 3 aliphatic heterocycles. The Hall–Kier alpha value is -2.97. The summed E-state index contributed by atoms with van der Waals surface area (Å²) < 4.78 is 6.99. The van der Waals surface area contributed by atoms with E-state index >= 15 is 4.79 Å². The zero-order valence-electron chi connectivity index (χ0n) is 27.1. The summed E-state index contributed by atoms with van der Waals surface area (Å²) >= 11 is 0. The molecule has 236 valence electrons. The highest BCUT2D eigenvalue weighted by Gasteiger charge is 2.80. The number of aliphatic hydroxyl groups is 1. The van der Waals surface area contributed by atoms with Gasteiger partial charge in [0.05, 0.1) is 30.1 Å². The van der Waals surface area contributed by atoms with Crippen LogP contribution in [0.5, 0.6) is 0 Å². The highest BCUT2D eigenvalue weighted by Crippen LogP contribution is 2.66. The molecule has 1 aromatic rings. The maximum Gasteiger partial charge on any atom is 0.253 e. The highest BCUT2D eigenvalue weighted by molar-refractivity contribution is 6.05. The van der Waals surface area contributed by atoms with Crippen LogP contribution in [0, 0.1) is 37.5 Å². The summed E-state index contributed by atoms with van der Waals surface area (Å²) in [4.78, 5) is 49.3. The standard InChI is InChI=1S/C35H51N3O5/c1-10-16-36(17-11-2)31(40)28-29-32(41)38(27(21-39)23(6)13-4)30(35(29)20-25(8)34(28,9)43-35)33(42)37(18-12-3)26-19-22(5)14-15-24(26)7/h10,12,14-15,19,23,25,27-30,39H,1,3,11,13,16-18,20-21H2,2,4-9H3/t23-,25?,27-,28+,29-,30?,34-,35?/m0/s1. The molecule has 8 nitrogen and oxygen atoms in total. The molecule has 0 saturated carbocycles. The molecule has 1 N–H and O–H groups in total. The average Bonchev–Trinajstić information content (AvgIpc) is 3.49. The largest absolute Gasteiger partial charge is 0.394 e.